The highest BCUT2D eigenvalue weighted by molar-refractivity contribution is 7.71. The van der Waals surface area contributed by atoms with Crippen LogP contribution in [0, 0.1) is 4.64 Å². The van der Waals surface area contributed by atoms with Gasteiger partial charge in [0.05, 0.1) is 16.3 Å². The van der Waals surface area contributed by atoms with Crippen LogP contribution in [-0.4, -0.2) is 50.7 Å². The lowest BCUT2D eigenvalue weighted by Gasteiger charge is -2.28. The first-order valence-electron chi connectivity index (χ1n) is 10.2. The molecule has 11 nitrogen and oxygen atoms in total. The number of carbonyl (C=O) groups is 1. The predicted molar refractivity (Wildman–Crippen MR) is 108 cm³/mol. The Morgan fingerprint density at radius 3 is 3.03 bits per heavy atom. The number of aromatic amines is 1. The predicted octanol–water partition coefficient (Wildman–Crippen LogP) is 2.02. The minimum atomic E-state index is -4.89. The molecule has 3 N–H and O–H groups in total. The number of nitrogens with one attached hydrogen (secondary N) is 1. The summed E-state index contributed by atoms with van der Waals surface area (Å²) in [5.74, 6) is -4.17. The van der Waals surface area contributed by atoms with Gasteiger partial charge in [0, 0.05) is 16.8 Å². The van der Waals surface area contributed by atoms with Gasteiger partial charge in [-0.25, -0.2) is 13.8 Å². The average Bonchev–Trinajstić information content (AvgIpc) is 2.95. The van der Waals surface area contributed by atoms with E-state index in [1.165, 1.54) is 18.2 Å². The smallest absolute Gasteiger partial charge is 0.404 e. The number of halogens is 2. The van der Waals surface area contributed by atoms with Crippen LogP contribution in [0.2, 0.25) is 5.02 Å². The number of rotatable bonds is 5. The molecule has 2 aliphatic rings. The molecule has 2 aliphatic heterocycles. The zero-order chi connectivity index (χ0) is 26.0. The van der Waals surface area contributed by atoms with E-state index < -0.39 is 50.9 Å². The Bertz CT molecular complexity index is 1380. The summed E-state index contributed by atoms with van der Waals surface area (Å²) in [6.45, 7) is -4.32. The molecule has 0 amide bonds. The number of phosphoric acid groups is 1. The van der Waals surface area contributed by atoms with Gasteiger partial charge in [-0.05, 0) is 18.2 Å². The number of fused-ring (bicyclic) bond motifs is 1. The van der Waals surface area contributed by atoms with Crippen LogP contribution >= 0.6 is 31.6 Å². The molecule has 0 aliphatic carbocycles. The second kappa shape index (κ2) is 8.43. The van der Waals surface area contributed by atoms with Gasteiger partial charge in [-0.2, -0.15) is 0 Å². The van der Waals surface area contributed by atoms with Crippen molar-refractivity contribution < 1.29 is 46.4 Å². The number of ether oxygens (including phenoxy) is 1. The van der Waals surface area contributed by atoms with Gasteiger partial charge in [-0.15, -0.1) is 0 Å². The minimum Gasteiger partial charge on any atom is -0.404 e. The van der Waals surface area contributed by atoms with Crippen molar-refractivity contribution in [3.8, 4) is 5.75 Å². The normalized spacial score (nSPS) is 35.8. The highest BCUT2D eigenvalue weighted by Crippen LogP contribution is 2.56. The first kappa shape index (κ1) is 19.5. The van der Waals surface area contributed by atoms with Crippen molar-refractivity contribution in [2.75, 3.05) is 6.56 Å². The fraction of sp³-hybridized carbons (Fsp3) is 0.353. The number of nitrogens with zero attached hydrogens (tertiary/aromatic N) is 1. The van der Waals surface area contributed by atoms with Crippen LogP contribution in [0.5, 0.6) is 5.75 Å². The van der Waals surface area contributed by atoms with E-state index in [-0.39, 0.29) is 26.8 Å². The Balaban J connectivity index is 1.68. The minimum absolute atomic E-state index is 0.0667. The van der Waals surface area contributed by atoms with Crippen molar-refractivity contribution in [3.05, 3.63) is 55.7 Å². The van der Waals surface area contributed by atoms with Crippen molar-refractivity contribution in [1.29, 1.82) is 0 Å². The Hall–Kier alpha value is -1.96. The summed E-state index contributed by atoms with van der Waals surface area (Å²) in [6, 6.07) is 4.07. The molecule has 1 fully saturated rings. The maximum absolute atomic E-state index is 15.9. The van der Waals surface area contributed by atoms with Crippen LogP contribution in [0.15, 0.2) is 29.2 Å². The summed E-state index contributed by atoms with van der Waals surface area (Å²) in [5, 5.41) is 21.0. The molecule has 5 atom stereocenters. The van der Waals surface area contributed by atoms with E-state index in [0.29, 0.717) is 16.8 Å². The number of H-pyrrole nitrogens is 1. The number of aromatic nitrogens is 2. The van der Waals surface area contributed by atoms with Crippen molar-refractivity contribution in [1.82, 2.24) is 9.55 Å². The number of alkyl halides is 1. The van der Waals surface area contributed by atoms with Gasteiger partial charge in [0.1, 0.15) is 29.2 Å². The fourth-order valence-electron chi connectivity index (χ4n) is 2.83. The average molecular weight is 512 g/mol. The quantitative estimate of drug-likeness (QED) is 0.309. The van der Waals surface area contributed by atoms with E-state index in [9.17, 15) is 24.4 Å². The maximum Gasteiger partial charge on any atom is 0.530 e. The van der Waals surface area contributed by atoms with E-state index in [1.807, 2.05) is 4.98 Å². The first-order valence-corrected chi connectivity index (χ1v) is 10.9. The molecule has 32 heavy (non-hydrogen) atoms. The summed E-state index contributed by atoms with van der Waals surface area (Å²) in [6.07, 6.45) is -7.88. The van der Waals surface area contributed by atoms with Gasteiger partial charge in [0.25, 0.3) is 5.85 Å². The van der Waals surface area contributed by atoms with Crippen molar-refractivity contribution in [2.45, 2.75) is 30.9 Å². The van der Waals surface area contributed by atoms with Crippen LogP contribution in [0.1, 0.15) is 26.2 Å². The number of hydrogen-bond acceptors (Lipinski definition) is 10. The van der Waals surface area contributed by atoms with E-state index in [1.54, 1.807) is 0 Å². The number of benzene rings is 1. The van der Waals surface area contributed by atoms with Gasteiger partial charge in [-0.3, -0.25) is 23.4 Å². The van der Waals surface area contributed by atoms with Gasteiger partial charge >= 0.3 is 13.5 Å². The lowest BCUT2D eigenvalue weighted by Crippen LogP contribution is -2.43. The third-order valence-electron chi connectivity index (χ3n) is 4.43. The monoisotopic (exact) mass is 511 g/mol. The molecule has 172 valence electrons. The van der Waals surface area contributed by atoms with Crippen LogP contribution in [0.4, 0.5) is 4.39 Å². The molecule has 2 aromatic rings. The summed E-state index contributed by atoms with van der Waals surface area (Å²) in [5.41, 5.74) is -1.29. The molecule has 1 unspecified atom stereocenters. The lowest BCUT2D eigenvalue weighted by atomic mass is 10.1. The molecule has 0 bridgehead atoms. The molecule has 4 rings (SSSR count). The molecular weight excluding hydrogens is 494 g/mol. The maximum atomic E-state index is 15.9. The van der Waals surface area contributed by atoms with E-state index in [0.717, 1.165) is 0 Å². The van der Waals surface area contributed by atoms with E-state index in [4.69, 9.17) is 41.7 Å². The Morgan fingerprint density at radius 1 is 1.56 bits per heavy atom. The van der Waals surface area contributed by atoms with E-state index >= 15 is 4.39 Å². The Labute approximate surface area is 193 Å². The van der Waals surface area contributed by atoms with Crippen molar-refractivity contribution >= 4 is 37.9 Å². The molecule has 0 saturated carbocycles. The first-order chi connectivity index (χ1) is 16.2. The topological polar surface area (TPSA) is 149 Å². The number of phosphoric ester groups is 1. The van der Waals surface area contributed by atoms with Gasteiger partial charge in [-0.1, -0.05) is 23.8 Å². The Kier molecular flexibility index (Phi) is 5.14. The fourth-order valence-corrected chi connectivity index (χ4v) is 4.30. The lowest BCUT2D eigenvalue weighted by molar-refractivity contribution is -0.205. The molecule has 1 aromatic carbocycles. The highest BCUT2D eigenvalue weighted by atomic mass is 35.5. The molecule has 15 heteroatoms. The standard InChI is InChI=1S/C17H15ClFN2O9PS/c18-10-1-2-11-8(3-10)6-27-31(26,30-11)28-7-17(19)13(24)12(23)15(29-17)21-4-9(5-22)14(32)20-16(21)25/h1-5,12-13,15,23-24H,6-7H2,(H,20,25,32)/t12-,13+,15-,17-,31?/m1/s1/i7D2,15D. The van der Waals surface area contributed by atoms with Crippen molar-refractivity contribution in [2.24, 2.45) is 0 Å². The van der Waals surface area contributed by atoms with Crippen LogP contribution in [-0.2, 0) is 25.0 Å². The molecule has 0 spiro atoms. The van der Waals surface area contributed by atoms with Gasteiger partial charge in [0.15, 0.2) is 12.5 Å². The SMILES string of the molecule is [2H]C([2H])(OP1(=O)OCc2cc(Cl)ccc2O1)[C@@]1(F)O[C@@]([2H])(n2cc(C=O)c(=S)[nH]c2=O)[C@H](O)[C@@H]1O. The third kappa shape index (κ3) is 4.18. The largest absolute Gasteiger partial charge is 0.530 e. The second-order valence-corrected chi connectivity index (χ2v) is 8.93. The summed E-state index contributed by atoms with van der Waals surface area (Å²) in [7, 11) is -4.89. The van der Waals surface area contributed by atoms with Crippen LogP contribution in [0.25, 0.3) is 0 Å². The van der Waals surface area contributed by atoms with Crippen LogP contribution in [0.3, 0.4) is 0 Å². The molecule has 1 aromatic heterocycles. The number of aldehydes is 1. The summed E-state index contributed by atoms with van der Waals surface area (Å²) in [4.78, 5) is 25.5. The molecule has 1 saturated heterocycles. The number of aliphatic hydroxyl groups is 2. The zero-order valence-electron chi connectivity index (χ0n) is 18.6. The third-order valence-corrected chi connectivity index (χ3v) is 6.18. The number of hydrogen-bond donors (Lipinski definition) is 3. The second-order valence-electron chi connectivity index (χ2n) is 6.56. The van der Waals surface area contributed by atoms with Crippen molar-refractivity contribution in [3.63, 3.8) is 0 Å². The molecule has 3 heterocycles. The van der Waals surface area contributed by atoms with E-state index in [2.05, 4.69) is 4.52 Å². The molecular formula is C17H15ClFN2O9PS. The van der Waals surface area contributed by atoms with Gasteiger partial charge in [0.2, 0.25) is 0 Å². The highest BCUT2D eigenvalue weighted by Gasteiger charge is 2.57. The Morgan fingerprint density at radius 2 is 2.31 bits per heavy atom. The zero-order valence-corrected chi connectivity index (χ0v) is 18.0. The number of carbonyl (C=O) groups excluding carboxylic acids is 1. The summed E-state index contributed by atoms with van der Waals surface area (Å²) >= 11 is 10.6. The number of aliphatic hydroxyl groups excluding tert-OH is 2. The molecule has 0 radical (unpaired) electrons. The summed E-state index contributed by atoms with van der Waals surface area (Å²) < 4.78 is 72.4. The van der Waals surface area contributed by atoms with Crippen LogP contribution < -0.4 is 10.2 Å². The van der Waals surface area contributed by atoms with Gasteiger partial charge < -0.3 is 19.5 Å².